The molecule has 3 rings (SSSR count). The average Bonchev–Trinajstić information content (AvgIpc) is 1.79. The highest BCUT2D eigenvalue weighted by atomic mass is 127. The molecule has 0 atom stereocenters. The zero-order valence-corrected chi connectivity index (χ0v) is 12.1. The normalized spacial score (nSPS) is 45.5. The summed E-state index contributed by atoms with van der Waals surface area (Å²) in [6, 6.07) is 0. The molecule has 70 valence electrons. The molecule has 3 aliphatic heterocycles. The number of fused-ring (bicyclic) bond motifs is 3. The van der Waals surface area contributed by atoms with E-state index in [2.05, 4.69) is 0 Å². The Morgan fingerprint density at radius 3 is 1.50 bits per heavy atom. The molecule has 0 spiro atoms. The fraction of sp³-hybridized carbons (Fsp3) is 1.00. The zero-order valence-electron chi connectivity index (χ0n) is 5.59. The van der Waals surface area contributed by atoms with Crippen molar-refractivity contribution >= 4 is 68.6 Å². The predicted octanol–water partition coefficient (Wildman–Crippen LogP) is 1.00. The van der Waals surface area contributed by atoms with Gasteiger partial charge < -0.3 is 0 Å². The fourth-order valence-corrected chi connectivity index (χ4v) is 3.80. The molecule has 12 heavy (non-hydrogen) atoms. The molecule has 3 heterocycles. The minimum absolute atomic E-state index is 0.439. The van der Waals surface area contributed by atoms with Gasteiger partial charge in [0.2, 0.25) is 0 Å². The van der Waals surface area contributed by atoms with Crippen LogP contribution >= 0.6 is 68.6 Å². The van der Waals surface area contributed by atoms with E-state index in [0.29, 0.717) is 0 Å². The summed E-state index contributed by atoms with van der Waals surface area (Å²) in [6.07, 6.45) is 0. The Labute approximate surface area is 110 Å². The first kappa shape index (κ1) is 10.4. The average molecular weight is 514 g/mol. The Bertz CT molecular complexity index is 173. The van der Waals surface area contributed by atoms with Crippen molar-refractivity contribution in [3.05, 3.63) is 0 Å². The number of hydroxylamine groups is 3. The van der Waals surface area contributed by atoms with Gasteiger partial charge in [-0.25, -0.2) is 0 Å². The van der Waals surface area contributed by atoms with Crippen LogP contribution in [-0.4, -0.2) is 27.4 Å². The monoisotopic (exact) mass is 514 g/mol. The Kier molecular flexibility index (Phi) is 3.00. The van der Waals surface area contributed by atoms with Crippen LogP contribution in [0.15, 0.2) is 0 Å². The van der Waals surface area contributed by atoms with Gasteiger partial charge in [0.15, 0.2) is 12.0 Å². The number of hydrazine groups is 3. The van der Waals surface area contributed by atoms with Gasteiger partial charge in [-0.3, -0.25) is 0 Å². The SMILES string of the molecule is C[N+]12ON(I)N(N(I)O1)N(I)O2. The molecule has 3 aliphatic rings. The number of nitrogens with zero attached hydrogens (tertiary/aromatic N) is 5. The van der Waals surface area contributed by atoms with E-state index in [9.17, 15) is 0 Å². The number of hydrogen-bond donors (Lipinski definition) is 0. The van der Waals surface area contributed by atoms with Crippen molar-refractivity contribution in [3.63, 3.8) is 0 Å². The summed E-state index contributed by atoms with van der Waals surface area (Å²) in [5.74, 6) is 0. The lowest BCUT2D eigenvalue weighted by atomic mass is 11.4. The summed E-state index contributed by atoms with van der Waals surface area (Å²) in [5, 5.41) is 1.49. The van der Waals surface area contributed by atoms with Crippen molar-refractivity contribution < 1.29 is 19.8 Å². The molecule has 3 saturated heterocycles. The van der Waals surface area contributed by atoms with Crippen LogP contribution in [0.2, 0.25) is 0 Å². The molecule has 3 fully saturated rings. The second kappa shape index (κ2) is 3.47. The lowest BCUT2D eigenvalue weighted by molar-refractivity contribution is -1.42. The van der Waals surface area contributed by atoms with Gasteiger partial charge in [0.1, 0.15) is 0 Å². The van der Waals surface area contributed by atoms with Gasteiger partial charge in [-0.05, 0) is 14.8 Å². The fourth-order valence-electron chi connectivity index (χ4n) is 0.676. The molecule has 0 N–H and O–H groups in total. The van der Waals surface area contributed by atoms with Crippen LogP contribution in [-0.2, 0) is 14.8 Å². The molecule has 0 aromatic carbocycles. The van der Waals surface area contributed by atoms with Gasteiger partial charge in [0, 0.05) is 15.4 Å². The Morgan fingerprint density at radius 1 is 0.917 bits per heavy atom. The van der Waals surface area contributed by atoms with E-state index in [0.717, 1.165) is 0 Å². The Balaban J connectivity index is 2.25. The highest BCUT2D eigenvalue weighted by Gasteiger charge is 2.57. The van der Waals surface area contributed by atoms with Gasteiger partial charge >= 0.3 is 0 Å². The van der Waals surface area contributed by atoms with E-state index in [1.54, 1.807) is 7.05 Å². The topological polar surface area (TPSA) is 40.7 Å². The third-order valence-electron chi connectivity index (χ3n) is 1.07. The third-order valence-corrected chi connectivity index (χ3v) is 2.76. The largest absolute Gasteiger partial charge is 0.175 e. The van der Waals surface area contributed by atoms with E-state index in [4.69, 9.17) is 14.8 Å². The molecule has 0 aliphatic carbocycles. The highest BCUT2D eigenvalue weighted by molar-refractivity contribution is 14.1. The van der Waals surface area contributed by atoms with E-state index in [1.807, 2.05) is 68.6 Å². The standard InChI is InChI=1S/CH3I3N5O3/c1-9-10-5(2)8(6(3)11-9)7(4)12-9/h1H3/q+1. The quantitative estimate of drug-likeness (QED) is 0.272. The summed E-state index contributed by atoms with van der Waals surface area (Å²) in [5.41, 5.74) is 0. The highest BCUT2D eigenvalue weighted by Crippen LogP contribution is 2.37. The Morgan fingerprint density at radius 2 is 1.25 bits per heavy atom. The third kappa shape index (κ3) is 1.68. The summed E-state index contributed by atoms with van der Waals surface area (Å²) < 4.78 is 4.34. The second-order valence-corrected chi connectivity index (χ2v) is 4.44. The maximum atomic E-state index is 5.16. The van der Waals surface area contributed by atoms with Crippen molar-refractivity contribution in [2.24, 2.45) is 0 Å². The molecule has 0 radical (unpaired) electrons. The zero-order chi connectivity index (χ0) is 8.93. The van der Waals surface area contributed by atoms with Crippen LogP contribution < -0.4 is 0 Å². The summed E-state index contributed by atoms with van der Waals surface area (Å²) in [4.78, 5) is 15.0. The van der Waals surface area contributed by atoms with Crippen molar-refractivity contribution in [3.8, 4) is 0 Å². The van der Waals surface area contributed by atoms with Gasteiger partial charge in [0.25, 0.3) is 0 Å². The van der Waals surface area contributed by atoms with Crippen molar-refractivity contribution in [1.29, 1.82) is 0 Å². The van der Waals surface area contributed by atoms with Crippen molar-refractivity contribution in [2.45, 2.75) is 0 Å². The van der Waals surface area contributed by atoms with Gasteiger partial charge in [0.05, 0.1) is 68.6 Å². The van der Waals surface area contributed by atoms with Crippen LogP contribution in [0, 0.1) is 0 Å². The molecule has 0 unspecified atom stereocenters. The molecule has 8 nitrogen and oxygen atoms in total. The predicted molar refractivity (Wildman–Crippen MR) is 58.9 cm³/mol. The molecule has 0 aromatic rings. The molecular formula is CH3I3N5O3+. The number of rotatable bonds is 0. The first-order valence-corrected chi connectivity index (χ1v) is 5.54. The maximum Gasteiger partial charge on any atom is 0.175 e. The lowest BCUT2D eigenvalue weighted by Crippen LogP contribution is -2.72. The second-order valence-electron chi connectivity index (χ2n) is 1.96. The minimum atomic E-state index is -0.439. The van der Waals surface area contributed by atoms with Crippen LogP contribution in [0.5, 0.6) is 0 Å². The summed E-state index contributed by atoms with van der Waals surface area (Å²) >= 11 is 5.87. The van der Waals surface area contributed by atoms with Gasteiger partial charge in [-0.1, -0.05) is 0 Å². The molecule has 0 saturated carbocycles. The van der Waals surface area contributed by atoms with E-state index < -0.39 is 4.97 Å². The van der Waals surface area contributed by atoms with Crippen LogP contribution in [0.25, 0.3) is 0 Å². The summed E-state index contributed by atoms with van der Waals surface area (Å²) in [7, 11) is 1.61. The molecule has 11 heteroatoms. The minimum Gasteiger partial charge on any atom is -0.00182 e. The van der Waals surface area contributed by atoms with Gasteiger partial charge in [-0.2, -0.15) is 0 Å². The molecule has 0 amide bonds. The molecule has 2 bridgehead atoms. The van der Waals surface area contributed by atoms with E-state index >= 15 is 0 Å². The number of quaternary nitrogens is 1. The summed E-state index contributed by atoms with van der Waals surface area (Å²) in [6.45, 7) is 0. The van der Waals surface area contributed by atoms with Crippen molar-refractivity contribution in [2.75, 3.05) is 7.05 Å². The maximum absolute atomic E-state index is 5.16. The van der Waals surface area contributed by atoms with E-state index in [-0.39, 0.29) is 0 Å². The van der Waals surface area contributed by atoms with Crippen LogP contribution in [0.3, 0.4) is 0 Å². The number of hydrogen-bond acceptors (Lipinski definition) is 7. The van der Waals surface area contributed by atoms with Crippen LogP contribution in [0.4, 0.5) is 0 Å². The Hall–Kier alpha value is 1.87. The van der Waals surface area contributed by atoms with E-state index in [1.165, 1.54) is 15.4 Å². The van der Waals surface area contributed by atoms with Crippen molar-refractivity contribution in [1.82, 2.24) is 15.4 Å². The lowest BCUT2D eigenvalue weighted by Gasteiger charge is -2.46. The van der Waals surface area contributed by atoms with Gasteiger partial charge in [-0.15, -0.1) is 0 Å². The molecule has 0 aromatic heterocycles. The number of halogens is 3. The molecular weight excluding hydrogens is 511 g/mol. The first-order valence-electron chi connectivity index (χ1n) is 2.65. The van der Waals surface area contributed by atoms with Crippen LogP contribution in [0.1, 0.15) is 0 Å². The first-order chi connectivity index (χ1) is 5.52. The smallest absolute Gasteiger partial charge is 0.00182 e.